The number of anilines is 4. The highest BCUT2D eigenvalue weighted by atomic mass is 16.5. The lowest BCUT2D eigenvalue weighted by molar-refractivity contribution is 0.483. The van der Waals surface area contributed by atoms with Crippen LogP contribution >= 0.6 is 0 Å². The maximum absolute atomic E-state index is 5.81. The quantitative estimate of drug-likeness (QED) is 0.505. The molecule has 0 spiro atoms. The number of nitrogens with zero attached hydrogens (tertiary/aromatic N) is 4. The molecule has 0 unspecified atom stereocenters. The zero-order valence-corrected chi connectivity index (χ0v) is 15.4. The Morgan fingerprint density at radius 3 is 2.14 bits per heavy atom. The van der Waals surface area contributed by atoms with Gasteiger partial charge >= 0.3 is 0 Å². The van der Waals surface area contributed by atoms with Crippen molar-refractivity contribution in [1.29, 1.82) is 0 Å². The molecule has 0 amide bonds. The summed E-state index contributed by atoms with van der Waals surface area (Å²) in [5, 5.41) is 11.3. The topological polar surface area (TPSA) is 63.2 Å². The summed E-state index contributed by atoms with van der Waals surface area (Å²) in [7, 11) is 1.94. The first-order chi connectivity index (χ1) is 13.8. The normalized spacial score (nSPS) is 10.3. The summed E-state index contributed by atoms with van der Waals surface area (Å²) in [6, 6.07) is 27.3. The first-order valence-corrected chi connectivity index (χ1v) is 8.86. The van der Waals surface area contributed by atoms with Crippen LogP contribution in [0.5, 0.6) is 11.5 Å². The molecule has 0 bridgehead atoms. The van der Waals surface area contributed by atoms with Crippen LogP contribution in [-0.2, 0) is 0 Å². The average Bonchev–Trinajstić information content (AvgIpc) is 2.76. The molecule has 1 aromatic heterocycles. The van der Waals surface area contributed by atoms with Crippen LogP contribution in [0, 0.1) is 0 Å². The average molecular weight is 369 g/mol. The van der Waals surface area contributed by atoms with Crippen molar-refractivity contribution in [2.24, 2.45) is 0 Å². The molecule has 0 atom stereocenters. The number of para-hydroxylation sites is 2. The first-order valence-electron chi connectivity index (χ1n) is 8.86. The Morgan fingerprint density at radius 2 is 1.43 bits per heavy atom. The van der Waals surface area contributed by atoms with Gasteiger partial charge in [0.15, 0.2) is 5.82 Å². The van der Waals surface area contributed by atoms with Crippen LogP contribution in [0.15, 0.2) is 91.1 Å². The fourth-order valence-corrected chi connectivity index (χ4v) is 2.65. The molecular formula is C22H19N5O. The summed E-state index contributed by atoms with van der Waals surface area (Å²) in [5.74, 6) is 2.69. The molecule has 0 fully saturated rings. The Bertz CT molecular complexity index is 1020. The molecule has 0 saturated heterocycles. The van der Waals surface area contributed by atoms with E-state index in [1.54, 1.807) is 6.20 Å². The van der Waals surface area contributed by atoms with Gasteiger partial charge in [-0.3, -0.25) is 0 Å². The summed E-state index contributed by atoms with van der Waals surface area (Å²) in [6.07, 6.45) is 1.63. The van der Waals surface area contributed by atoms with Gasteiger partial charge in [0, 0.05) is 18.4 Å². The molecule has 1 N–H and O–H groups in total. The standard InChI is InChI=1S/C22H19N5O/c1-27(18-8-4-2-5-9-18)21-16-23-26-22(25-21)24-17-12-14-20(15-13-17)28-19-10-6-3-7-11-19/h2-16H,1H3,(H,24,25,26). The van der Waals surface area contributed by atoms with Gasteiger partial charge in [0.05, 0.1) is 6.20 Å². The minimum absolute atomic E-state index is 0.428. The predicted octanol–water partition coefficient (Wildman–Crippen LogP) is 5.18. The van der Waals surface area contributed by atoms with Gasteiger partial charge in [-0.1, -0.05) is 36.4 Å². The minimum Gasteiger partial charge on any atom is -0.457 e. The van der Waals surface area contributed by atoms with Gasteiger partial charge in [-0.05, 0) is 48.5 Å². The highest BCUT2D eigenvalue weighted by Crippen LogP contribution is 2.25. The molecule has 6 heteroatoms. The second kappa shape index (κ2) is 8.18. The van der Waals surface area contributed by atoms with E-state index in [-0.39, 0.29) is 0 Å². The van der Waals surface area contributed by atoms with E-state index in [0.717, 1.165) is 22.9 Å². The zero-order chi connectivity index (χ0) is 19.2. The van der Waals surface area contributed by atoms with Gasteiger partial charge in [0.1, 0.15) is 11.5 Å². The molecule has 138 valence electrons. The van der Waals surface area contributed by atoms with Crippen molar-refractivity contribution >= 4 is 23.1 Å². The largest absolute Gasteiger partial charge is 0.457 e. The van der Waals surface area contributed by atoms with Crippen molar-refractivity contribution in [3.63, 3.8) is 0 Å². The van der Waals surface area contributed by atoms with Crippen molar-refractivity contribution in [1.82, 2.24) is 15.2 Å². The molecule has 1 heterocycles. The minimum atomic E-state index is 0.428. The van der Waals surface area contributed by atoms with E-state index in [9.17, 15) is 0 Å². The maximum atomic E-state index is 5.81. The van der Waals surface area contributed by atoms with E-state index >= 15 is 0 Å². The molecular weight excluding hydrogens is 350 g/mol. The second-order valence-electron chi connectivity index (χ2n) is 6.10. The molecule has 0 aliphatic rings. The van der Waals surface area contributed by atoms with Crippen LogP contribution in [0.1, 0.15) is 0 Å². The third-order valence-corrected chi connectivity index (χ3v) is 4.12. The van der Waals surface area contributed by atoms with E-state index in [0.29, 0.717) is 11.8 Å². The summed E-state index contributed by atoms with van der Waals surface area (Å²) in [4.78, 5) is 6.50. The van der Waals surface area contributed by atoms with Gasteiger partial charge in [0.25, 0.3) is 0 Å². The summed E-state index contributed by atoms with van der Waals surface area (Å²) >= 11 is 0. The molecule has 4 rings (SSSR count). The Kier molecular flexibility index (Phi) is 5.11. The molecule has 0 saturated carbocycles. The highest BCUT2D eigenvalue weighted by molar-refractivity contribution is 5.60. The third kappa shape index (κ3) is 4.24. The summed E-state index contributed by atoms with van der Waals surface area (Å²) in [6.45, 7) is 0. The number of hydrogen-bond acceptors (Lipinski definition) is 6. The van der Waals surface area contributed by atoms with Gasteiger partial charge in [-0.2, -0.15) is 10.1 Å². The predicted molar refractivity (Wildman–Crippen MR) is 111 cm³/mol. The maximum Gasteiger partial charge on any atom is 0.249 e. The Hall–Kier alpha value is -3.93. The molecule has 28 heavy (non-hydrogen) atoms. The van der Waals surface area contributed by atoms with Gasteiger partial charge < -0.3 is 15.0 Å². The number of ether oxygens (including phenoxy) is 1. The van der Waals surface area contributed by atoms with Crippen LogP contribution < -0.4 is 15.0 Å². The Morgan fingerprint density at radius 1 is 0.786 bits per heavy atom. The molecule has 6 nitrogen and oxygen atoms in total. The lowest BCUT2D eigenvalue weighted by Gasteiger charge is -2.18. The Balaban J connectivity index is 1.46. The monoisotopic (exact) mass is 369 g/mol. The number of hydrogen-bond donors (Lipinski definition) is 1. The second-order valence-corrected chi connectivity index (χ2v) is 6.10. The first kappa shape index (κ1) is 17.5. The third-order valence-electron chi connectivity index (χ3n) is 4.12. The van der Waals surface area contributed by atoms with Gasteiger partial charge in [-0.25, -0.2) is 0 Å². The van der Waals surface area contributed by atoms with Crippen LogP contribution in [-0.4, -0.2) is 22.2 Å². The number of nitrogens with one attached hydrogen (secondary N) is 1. The SMILES string of the molecule is CN(c1ccccc1)c1cnnc(Nc2ccc(Oc3ccccc3)cc2)n1. The lowest BCUT2D eigenvalue weighted by atomic mass is 10.3. The highest BCUT2D eigenvalue weighted by Gasteiger charge is 2.08. The van der Waals surface area contributed by atoms with E-state index < -0.39 is 0 Å². The molecule has 4 aromatic rings. The number of rotatable bonds is 6. The Labute approximate surface area is 163 Å². The lowest BCUT2D eigenvalue weighted by Crippen LogP contribution is -2.13. The van der Waals surface area contributed by atoms with Crippen molar-refractivity contribution in [3.8, 4) is 11.5 Å². The summed E-state index contributed by atoms with van der Waals surface area (Å²) < 4.78 is 5.81. The molecule has 0 aliphatic carbocycles. The smallest absolute Gasteiger partial charge is 0.249 e. The fourth-order valence-electron chi connectivity index (χ4n) is 2.65. The van der Waals surface area contributed by atoms with Gasteiger partial charge in [0.2, 0.25) is 5.95 Å². The fraction of sp³-hybridized carbons (Fsp3) is 0.0455. The van der Waals surface area contributed by atoms with Crippen LogP contribution in [0.4, 0.5) is 23.1 Å². The van der Waals surface area contributed by atoms with Crippen LogP contribution in [0.2, 0.25) is 0 Å². The van der Waals surface area contributed by atoms with Gasteiger partial charge in [-0.15, -0.1) is 5.10 Å². The van der Waals surface area contributed by atoms with Crippen LogP contribution in [0.3, 0.4) is 0 Å². The number of aromatic nitrogens is 3. The van der Waals surface area contributed by atoms with Crippen LogP contribution in [0.25, 0.3) is 0 Å². The van der Waals surface area contributed by atoms with E-state index in [4.69, 9.17) is 4.74 Å². The number of benzene rings is 3. The zero-order valence-electron chi connectivity index (χ0n) is 15.4. The summed E-state index contributed by atoms with van der Waals surface area (Å²) in [5.41, 5.74) is 1.87. The van der Waals surface area contributed by atoms with E-state index in [1.807, 2.05) is 96.9 Å². The van der Waals surface area contributed by atoms with Crippen molar-refractivity contribution in [2.75, 3.05) is 17.3 Å². The van der Waals surface area contributed by atoms with Crippen molar-refractivity contribution in [3.05, 3.63) is 91.1 Å². The molecule has 3 aromatic carbocycles. The van der Waals surface area contributed by atoms with E-state index in [1.165, 1.54) is 0 Å². The van der Waals surface area contributed by atoms with E-state index in [2.05, 4.69) is 20.5 Å². The molecule has 0 aliphatic heterocycles. The molecule has 0 radical (unpaired) electrons. The van der Waals surface area contributed by atoms with Crippen molar-refractivity contribution in [2.45, 2.75) is 0 Å². The van der Waals surface area contributed by atoms with Crippen molar-refractivity contribution < 1.29 is 4.74 Å².